The smallest absolute Gasteiger partial charge is 0.0931 e. The van der Waals surface area contributed by atoms with Gasteiger partial charge in [0.1, 0.15) is 0 Å². The highest BCUT2D eigenvalue weighted by Crippen LogP contribution is 2.30. The Morgan fingerprint density at radius 2 is 2.22 bits per heavy atom. The van der Waals surface area contributed by atoms with Gasteiger partial charge in [0, 0.05) is 19.1 Å². The van der Waals surface area contributed by atoms with Crippen LogP contribution in [-0.4, -0.2) is 41.0 Å². The highest BCUT2D eigenvalue weighted by molar-refractivity contribution is 5.76. The summed E-state index contributed by atoms with van der Waals surface area (Å²) in [5, 5.41) is 0. The van der Waals surface area contributed by atoms with E-state index >= 15 is 0 Å². The number of imidazole rings is 1. The molecule has 1 aliphatic heterocycles. The van der Waals surface area contributed by atoms with Gasteiger partial charge in [-0.2, -0.15) is 0 Å². The summed E-state index contributed by atoms with van der Waals surface area (Å²) in [5.74, 6) is 0.528. The molecule has 2 atom stereocenters. The SMILES string of the molecule is Cc1cc2[nH]cnc2cc1C1CC(N)CN(C)C1. The minimum atomic E-state index is 0.281. The second-order valence-corrected chi connectivity index (χ2v) is 5.54. The van der Waals surface area contributed by atoms with Crippen LogP contribution in [0.4, 0.5) is 0 Å². The molecule has 1 fully saturated rings. The number of hydrogen-bond donors (Lipinski definition) is 2. The van der Waals surface area contributed by atoms with E-state index in [2.05, 4.69) is 41.0 Å². The fourth-order valence-electron chi connectivity index (χ4n) is 3.14. The molecule has 1 aromatic carbocycles. The van der Waals surface area contributed by atoms with Gasteiger partial charge >= 0.3 is 0 Å². The number of nitrogens with one attached hydrogen (secondary N) is 1. The van der Waals surface area contributed by atoms with Gasteiger partial charge in [0.15, 0.2) is 0 Å². The Bertz CT molecular complexity index is 550. The van der Waals surface area contributed by atoms with Gasteiger partial charge in [-0.1, -0.05) is 0 Å². The van der Waals surface area contributed by atoms with Crippen molar-refractivity contribution < 1.29 is 0 Å². The summed E-state index contributed by atoms with van der Waals surface area (Å²) in [6.07, 6.45) is 2.83. The Morgan fingerprint density at radius 1 is 1.39 bits per heavy atom. The van der Waals surface area contributed by atoms with Gasteiger partial charge in [-0.25, -0.2) is 4.98 Å². The van der Waals surface area contributed by atoms with Crippen LogP contribution in [0, 0.1) is 6.92 Å². The quantitative estimate of drug-likeness (QED) is 0.801. The van der Waals surface area contributed by atoms with E-state index in [1.165, 1.54) is 11.1 Å². The van der Waals surface area contributed by atoms with Crippen LogP contribution >= 0.6 is 0 Å². The molecule has 2 aromatic rings. The van der Waals surface area contributed by atoms with Crippen LogP contribution < -0.4 is 5.73 Å². The van der Waals surface area contributed by atoms with E-state index in [1.807, 2.05) is 0 Å². The van der Waals surface area contributed by atoms with Crippen LogP contribution in [0.2, 0.25) is 0 Å². The number of nitrogens with zero attached hydrogens (tertiary/aromatic N) is 2. The van der Waals surface area contributed by atoms with Crippen LogP contribution in [0.1, 0.15) is 23.5 Å². The first-order valence-corrected chi connectivity index (χ1v) is 6.51. The maximum Gasteiger partial charge on any atom is 0.0931 e. The van der Waals surface area contributed by atoms with Gasteiger partial charge in [0.2, 0.25) is 0 Å². The molecule has 3 N–H and O–H groups in total. The molecule has 0 aliphatic carbocycles. The number of fused-ring (bicyclic) bond motifs is 1. The zero-order valence-electron chi connectivity index (χ0n) is 11.0. The van der Waals surface area contributed by atoms with Crippen LogP contribution in [0.5, 0.6) is 0 Å². The molecule has 0 bridgehead atoms. The molecule has 2 heterocycles. The maximum absolute atomic E-state index is 6.13. The third-order valence-electron chi connectivity index (χ3n) is 3.91. The van der Waals surface area contributed by atoms with E-state index in [0.29, 0.717) is 5.92 Å². The first-order chi connectivity index (χ1) is 8.63. The van der Waals surface area contributed by atoms with Gasteiger partial charge in [-0.15, -0.1) is 0 Å². The number of aromatic amines is 1. The average molecular weight is 244 g/mol. The number of piperidine rings is 1. The van der Waals surface area contributed by atoms with Crippen molar-refractivity contribution in [3.8, 4) is 0 Å². The number of benzene rings is 1. The van der Waals surface area contributed by atoms with Gasteiger partial charge in [-0.05, 0) is 49.6 Å². The first-order valence-electron chi connectivity index (χ1n) is 6.51. The maximum atomic E-state index is 6.13. The Kier molecular flexibility index (Phi) is 2.84. The van der Waals surface area contributed by atoms with Gasteiger partial charge < -0.3 is 15.6 Å². The normalized spacial score (nSPS) is 25.7. The summed E-state index contributed by atoms with van der Waals surface area (Å²) in [4.78, 5) is 9.84. The lowest BCUT2D eigenvalue weighted by atomic mass is 9.86. The standard InChI is InChI=1S/C14H20N4/c1-9-3-13-14(17-8-16-13)5-12(9)10-4-11(15)7-18(2)6-10/h3,5,8,10-11H,4,6-7,15H2,1-2H3,(H,16,17). The van der Waals surface area contributed by atoms with Crippen molar-refractivity contribution in [3.63, 3.8) is 0 Å². The molecule has 0 spiro atoms. The molecule has 0 radical (unpaired) electrons. The summed E-state index contributed by atoms with van der Waals surface area (Å²) >= 11 is 0. The molecule has 0 saturated carbocycles. The average Bonchev–Trinajstić information content (AvgIpc) is 2.73. The molecule has 4 nitrogen and oxygen atoms in total. The number of aromatic nitrogens is 2. The van der Waals surface area contributed by atoms with Crippen LogP contribution in [0.15, 0.2) is 18.5 Å². The second-order valence-electron chi connectivity index (χ2n) is 5.54. The Hall–Kier alpha value is -1.39. The van der Waals surface area contributed by atoms with E-state index in [9.17, 15) is 0 Å². The minimum absolute atomic E-state index is 0.281. The van der Waals surface area contributed by atoms with E-state index in [4.69, 9.17) is 5.73 Å². The fourth-order valence-corrected chi connectivity index (χ4v) is 3.14. The van der Waals surface area contributed by atoms with Crippen LogP contribution in [0.25, 0.3) is 11.0 Å². The number of hydrogen-bond acceptors (Lipinski definition) is 3. The number of H-pyrrole nitrogens is 1. The van der Waals surface area contributed by atoms with Crippen LogP contribution in [0.3, 0.4) is 0 Å². The van der Waals surface area contributed by atoms with Crippen molar-refractivity contribution in [2.75, 3.05) is 20.1 Å². The second kappa shape index (κ2) is 4.37. The van der Waals surface area contributed by atoms with E-state index in [-0.39, 0.29) is 6.04 Å². The van der Waals surface area contributed by atoms with E-state index < -0.39 is 0 Å². The summed E-state index contributed by atoms with van der Waals surface area (Å²) in [5.41, 5.74) is 11.0. The predicted octanol–water partition coefficient (Wildman–Crippen LogP) is 1.62. The molecule has 1 saturated heterocycles. The predicted molar refractivity (Wildman–Crippen MR) is 73.7 cm³/mol. The number of rotatable bonds is 1. The van der Waals surface area contributed by atoms with Crippen molar-refractivity contribution in [1.82, 2.24) is 14.9 Å². The molecule has 1 aromatic heterocycles. The number of nitrogens with two attached hydrogens (primary N) is 1. The topological polar surface area (TPSA) is 57.9 Å². The fraction of sp³-hybridized carbons (Fsp3) is 0.500. The van der Waals surface area contributed by atoms with Gasteiger partial charge in [0.05, 0.1) is 17.4 Å². The molecule has 1 aliphatic rings. The zero-order valence-corrected chi connectivity index (χ0v) is 11.0. The number of likely N-dealkylation sites (tertiary alicyclic amines) is 1. The third-order valence-corrected chi connectivity index (χ3v) is 3.91. The molecule has 0 amide bonds. The van der Waals surface area contributed by atoms with Crippen molar-refractivity contribution in [1.29, 1.82) is 0 Å². The Labute approximate surface area is 107 Å². The van der Waals surface area contributed by atoms with Crippen LogP contribution in [-0.2, 0) is 0 Å². The minimum Gasteiger partial charge on any atom is -0.345 e. The van der Waals surface area contributed by atoms with Crippen molar-refractivity contribution >= 4 is 11.0 Å². The molecular formula is C14H20N4. The largest absolute Gasteiger partial charge is 0.345 e. The summed E-state index contributed by atoms with van der Waals surface area (Å²) in [6, 6.07) is 4.69. The molecular weight excluding hydrogens is 224 g/mol. The Balaban J connectivity index is 1.99. The Morgan fingerprint density at radius 3 is 3.00 bits per heavy atom. The van der Waals surface area contributed by atoms with Gasteiger partial charge in [-0.3, -0.25) is 0 Å². The molecule has 96 valence electrons. The highest BCUT2D eigenvalue weighted by Gasteiger charge is 2.25. The van der Waals surface area contributed by atoms with Crippen molar-refractivity contribution in [2.24, 2.45) is 5.73 Å². The summed E-state index contributed by atoms with van der Waals surface area (Å²) in [7, 11) is 2.15. The molecule has 3 rings (SSSR count). The third kappa shape index (κ3) is 2.02. The first kappa shape index (κ1) is 11.7. The van der Waals surface area contributed by atoms with Crippen molar-refractivity contribution in [2.45, 2.75) is 25.3 Å². The highest BCUT2D eigenvalue weighted by atomic mass is 15.1. The summed E-state index contributed by atoms with van der Waals surface area (Å²) in [6.45, 7) is 4.26. The van der Waals surface area contributed by atoms with E-state index in [0.717, 1.165) is 30.5 Å². The number of likely N-dealkylation sites (N-methyl/N-ethyl adjacent to an activating group) is 1. The van der Waals surface area contributed by atoms with E-state index in [1.54, 1.807) is 6.33 Å². The lowest BCUT2D eigenvalue weighted by molar-refractivity contribution is 0.227. The zero-order chi connectivity index (χ0) is 12.7. The lowest BCUT2D eigenvalue weighted by Gasteiger charge is -2.34. The number of aryl methyl sites for hydroxylation is 1. The monoisotopic (exact) mass is 244 g/mol. The molecule has 18 heavy (non-hydrogen) atoms. The van der Waals surface area contributed by atoms with Gasteiger partial charge in [0.25, 0.3) is 0 Å². The molecule has 2 unspecified atom stereocenters. The van der Waals surface area contributed by atoms with Crippen molar-refractivity contribution in [3.05, 3.63) is 29.6 Å². The lowest BCUT2D eigenvalue weighted by Crippen LogP contribution is -2.44. The molecule has 4 heteroatoms. The summed E-state index contributed by atoms with van der Waals surface area (Å²) < 4.78 is 0.